The second kappa shape index (κ2) is 5.91. The zero-order valence-corrected chi connectivity index (χ0v) is 12.8. The van der Waals surface area contributed by atoms with Gasteiger partial charge in [-0.3, -0.25) is 10.1 Å². The number of thioether (sulfide) groups is 1. The molecule has 110 valence electrons. The van der Waals surface area contributed by atoms with Crippen molar-refractivity contribution in [2.45, 2.75) is 19.9 Å². The number of nitrogens with zero attached hydrogens (tertiary/aromatic N) is 1. The summed E-state index contributed by atoms with van der Waals surface area (Å²) in [6.07, 6.45) is 1.62. The molecule has 2 N–H and O–H groups in total. The summed E-state index contributed by atoms with van der Waals surface area (Å²) in [5.41, 5.74) is 3.56. The number of aromatic nitrogens is 1. The largest absolute Gasteiger partial charge is 0.444 e. The van der Waals surface area contributed by atoms with Gasteiger partial charge in [0, 0.05) is 22.9 Å². The van der Waals surface area contributed by atoms with E-state index in [0.29, 0.717) is 5.89 Å². The van der Waals surface area contributed by atoms with Gasteiger partial charge in [0.25, 0.3) is 0 Å². The summed E-state index contributed by atoms with van der Waals surface area (Å²) < 4.78 is 5.45. The standard InChI is InChI=1S/C15H17N3O2S/c1-9-3-4-11(18-14(19)13-7-21-8-16-13)5-12(9)15-17-10(2)6-20-15/h3-6,13,16H,7-8H2,1-2H3,(H,18,19)/t13-/m0/s1. The fraction of sp³-hybridized carbons (Fsp3) is 0.333. The Hall–Kier alpha value is -1.79. The van der Waals surface area contributed by atoms with E-state index in [1.54, 1.807) is 18.0 Å². The van der Waals surface area contributed by atoms with Gasteiger partial charge in [-0.25, -0.2) is 4.98 Å². The van der Waals surface area contributed by atoms with Crippen molar-refractivity contribution < 1.29 is 9.21 Å². The van der Waals surface area contributed by atoms with Crippen molar-refractivity contribution in [2.24, 2.45) is 0 Å². The smallest absolute Gasteiger partial charge is 0.242 e. The molecule has 0 spiro atoms. The second-order valence-electron chi connectivity index (χ2n) is 5.08. The van der Waals surface area contributed by atoms with Gasteiger partial charge in [0.2, 0.25) is 11.8 Å². The molecule has 1 aliphatic heterocycles. The molecule has 0 radical (unpaired) electrons. The van der Waals surface area contributed by atoms with E-state index in [1.165, 1.54) is 0 Å². The molecule has 2 heterocycles. The van der Waals surface area contributed by atoms with Gasteiger partial charge in [0.1, 0.15) is 6.26 Å². The number of anilines is 1. The van der Waals surface area contributed by atoms with E-state index in [-0.39, 0.29) is 11.9 Å². The van der Waals surface area contributed by atoms with E-state index < -0.39 is 0 Å². The number of aryl methyl sites for hydroxylation is 2. The molecule has 5 nitrogen and oxygen atoms in total. The summed E-state index contributed by atoms with van der Waals surface area (Å²) in [5, 5.41) is 6.10. The second-order valence-corrected chi connectivity index (χ2v) is 6.12. The Morgan fingerprint density at radius 3 is 3.00 bits per heavy atom. The topological polar surface area (TPSA) is 67.2 Å². The summed E-state index contributed by atoms with van der Waals surface area (Å²) in [6.45, 7) is 3.88. The SMILES string of the molecule is Cc1coc(-c2cc(NC(=O)[C@@H]3CSCN3)ccc2C)n1. The van der Waals surface area contributed by atoms with Crippen LogP contribution in [0.15, 0.2) is 28.9 Å². The number of amides is 1. The summed E-state index contributed by atoms with van der Waals surface area (Å²) in [7, 11) is 0. The lowest BCUT2D eigenvalue weighted by Crippen LogP contribution is -2.37. The molecule has 1 aromatic carbocycles. The van der Waals surface area contributed by atoms with E-state index in [0.717, 1.165) is 34.1 Å². The molecule has 2 aromatic rings. The molecular weight excluding hydrogens is 286 g/mol. The number of hydrogen-bond donors (Lipinski definition) is 2. The first-order chi connectivity index (χ1) is 10.1. The van der Waals surface area contributed by atoms with Gasteiger partial charge in [0.15, 0.2) is 0 Å². The molecule has 0 saturated carbocycles. The van der Waals surface area contributed by atoms with Crippen LogP contribution in [0, 0.1) is 13.8 Å². The predicted octanol–water partition coefficient (Wildman–Crippen LogP) is 2.56. The van der Waals surface area contributed by atoms with Crippen molar-refractivity contribution in [3.05, 3.63) is 35.7 Å². The highest BCUT2D eigenvalue weighted by atomic mass is 32.2. The Bertz CT molecular complexity index is 663. The first kappa shape index (κ1) is 14.2. The maximum Gasteiger partial charge on any atom is 0.242 e. The molecular formula is C15H17N3O2S. The van der Waals surface area contributed by atoms with E-state index in [4.69, 9.17) is 4.42 Å². The van der Waals surface area contributed by atoms with Crippen molar-refractivity contribution in [3.63, 3.8) is 0 Å². The zero-order chi connectivity index (χ0) is 14.8. The molecule has 1 atom stereocenters. The molecule has 0 unspecified atom stereocenters. The van der Waals surface area contributed by atoms with Crippen LogP contribution in [0.2, 0.25) is 0 Å². The third-order valence-electron chi connectivity index (χ3n) is 3.39. The lowest BCUT2D eigenvalue weighted by molar-refractivity contribution is -0.117. The third-order valence-corrected chi connectivity index (χ3v) is 4.33. The maximum atomic E-state index is 12.1. The monoisotopic (exact) mass is 303 g/mol. The number of hydrogen-bond acceptors (Lipinski definition) is 5. The van der Waals surface area contributed by atoms with Crippen LogP contribution >= 0.6 is 11.8 Å². The Morgan fingerprint density at radius 1 is 1.48 bits per heavy atom. The number of carbonyl (C=O) groups is 1. The number of rotatable bonds is 3. The molecule has 1 aromatic heterocycles. The van der Waals surface area contributed by atoms with Crippen LogP contribution < -0.4 is 10.6 Å². The minimum absolute atomic E-state index is 0.00149. The molecule has 1 saturated heterocycles. The Morgan fingerprint density at radius 2 is 2.33 bits per heavy atom. The molecule has 1 aliphatic rings. The van der Waals surface area contributed by atoms with Gasteiger partial charge < -0.3 is 9.73 Å². The van der Waals surface area contributed by atoms with Gasteiger partial charge in [-0.1, -0.05) is 6.07 Å². The van der Waals surface area contributed by atoms with E-state index in [2.05, 4.69) is 15.6 Å². The van der Waals surface area contributed by atoms with Gasteiger partial charge in [-0.05, 0) is 31.5 Å². The number of nitrogens with one attached hydrogen (secondary N) is 2. The van der Waals surface area contributed by atoms with Crippen LogP contribution in [0.4, 0.5) is 5.69 Å². The van der Waals surface area contributed by atoms with Crippen LogP contribution in [0.1, 0.15) is 11.3 Å². The highest BCUT2D eigenvalue weighted by molar-refractivity contribution is 7.99. The molecule has 0 bridgehead atoms. The summed E-state index contributed by atoms with van der Waals surface area (Å²) >= 11 is 1.73. The Labute approximate surface area is 127 Å². The average Bonchev–Trinajstić information content (AvgIpc) is 3.12. The summed E-state index contributed by atoms with van der Waals surface area (Å²) in [5.74, 6) is 2.21. The highest BCUT2D eigenvalue weighted by Gasteiger charge is 2.22. The van der Waals surface area contributed by atoms with Crippen LogP contribution in [0.5, 0.6) is 0 Å². The number of benzene rings is 1. The summed E-state index contributed by atoms with van der Waals surface area (Å²) in [6, 6.07) is 5.64. The lowest BCUT2D eigenvalue weighted by Gasteiger charge is -2.12. The molecule has 6 heteroatoms. The minimum atomic E-state index is -0.122. The van der Waals surface area contributed by atoms with Gasteiger partial charge in [-0.15, -0.1) is 11.8 Å². The molecule has 3 rings (SSSR count). The van der Waals surface area contributed by atoms with Crippen LogP contribution in [0.3, 0.4) is 0 Å². The predicted molar refractivity (Wildman–Crippen MR) is 84.3 cm³/mol. The van der Waals surface area contributed by atoms with Crippen molar-refractivity contribution in [1.82, 2.24) is 10.3 Å². The fourth-order valence-corrected chi connectivity index (χ4v) is 3.14. The average molecular weight is 303 g/mol. The van der Waals surface area contributed by atoms with E-state index in [1.807, 2.05) is 32.0 Å². The first-order valence-electron chi connectivity index (χ1n) is 6.78. The number of oxazole rings is 1. The first-order valence-corrected chi connectivity index (χ1v) is 7.94. The van der Waals surface area contributed by atoms with Crippen molar-refractivity contribution in [1.29, 1.82) is 0 Å². The van der Waals surface area contributed by atoms with Crippen LogP contribution in [0.25, 0.3) is 11.5 Å². The normalized spacial score (nSPS) is 17.9. The highest BCUT2D eigenvalue weighted by Crippen LogP contribution is 2.26. The van der Waals surface area contributed by atoms with Gasteiger partial charge in [-0.2, -0.15) is 0 Å². The van der Waals surface area contributed by atoms with Gasteiger partial charge in [0.05, 0.1) is 11.7 Å². The molecule has 1 amide bonds. The van der Waals surface area contributed by atoms with Crippen LogP contribution in [-0.2, 0) is 4.79 Å². The Balaban J connectivity index is 1.82. The van der Waals surface area contributed by atoms with E-state index in [9.17, 15) is 4.79 Å². The van der Waals surface area contributed by atoms with Crippen molar-refractivity contribution in [3.8, 4) is 11.5 Å². The van der Waals surface area contributed by atoms with Crippen molar-refractivity contribution >= 4 is 23.4 Å². The third kappa shape index (κ3) is 3.11. The minimum Gasteiger partial charge on any atom is -0.444 e. The van der Waals surface area contributed by atoms with Gasteiger partial charge >= 0.3 is 0 Å². The molecule has 21 heavy (non-hydrogen) atoms. The maximum absolute atomic E-state index is 12.1. The fourth-order valence-electron chi connectivity index (χ4n) is 2.20. The molecule has 0 aliphatic carbocycles. The quantitative estimate of drug-likeness (QED) is 0.912. The van der Waals surface area contributed by atoms with Crippen molar-refractivity contribution in [2.75, 3.05) is 16.9 Å². The van der Waals surface area contributed by atoms with E-state index >= 15 is 0 Å². The zero-order valence-electron chi connectivity index (χ0n) is 12.0. The lowest BCUT2D eigenvalue weighted by atomic mass is 10.1. The Kier molecular flexibility index (Phi) is 3.98. The summed E-state index contributed by atoms with van der Waals surface area (Å²) in [4.78, 5) is 16.5. The molecule has 1 fully saturated rings. The number of carbonyl (C=O) groups excluding carboxylic acids is 1. The van der Waals surface area contributed by atoms with Crippen LogP contribution in [-0.4, -0.2) is 28.6 Å².